The molecular weight excluding hydrogens is 376 g/mol. The van der Waals surface area contributed by atoms with Gasteiger partial charge in [0.05, 0.1) is 16.6 Å². The molecule has 4 nitrogen and oxygen atoms in total. The molecule has 1 saturated heterocycles. The second-order valence-corrected chi connectivity index (χ2v) is 6.31. The van der Waals surface area contributed by atoms with Crippen LogP contribution in [0.3, 0.4) is 0 Å². The highest BCUT2D eigenvalue weighted by Crippen LogP contribution is 2.33. The summed E-state index contributed by atoms with van der Waals surface area (Å²) in [5.74, 6) is 0.901. The Bertz CT molecular complexity index is 390. The highest BCUT2D eigenvalue weighted by atomic mass is 79.9. The standard InChI is InChI=1S/C13H20Br2N2O2/c1-2-18-9-4-3-5-17(8-9)11(7-16)12-6-10(14)13(15)19-12/h6,9,11H,2-5,7-8,16H2,1H3. The molecule has 0 radical (unpaired) electrons. The van der Waals surface area contributed by atoms with E-state index < -0.39 is 0 Å². The van der Waals surface area contributed by atoms with Crippen LogP contribution in [0.5, 0.6) is 0 Å². The van der Waals surface area contributed by atoms with Crippen molar-refractivity contribution in [1.82, 2.24) is 4.90 Å². The number of hydrogen-bond donors (Lipinski definition) is 1. The summed E-state index contributed by atoms with van der Waals surface area (Å²) in [4.78, 5) is 2.36. The number of piperidine rings is 1. The van der Waals surface area contributed by atoms with E-state index in [2.05, 4.69) is 36.8 Å². The monoisotopic (exact) mass is 394 g/mol. The third kappa shape index (κ3) is 3.82. The molecule has 1 aliphatic heterocycles. The number of ether oxygens (including phenoxy) is 1. The van der Waals surface area contributed by atoms with Crippen molar-refractivity contribution in [3.63, 3.8) is 0 Å². The molecule has 2 N–H and O–H groups in total. The minimum absolute atomic E-state index is 0.117. The number of nitrogens with zero attached hydrogens (tertiary/aromatic N) is 1. The van der Waals surface area contributed by atoms with E-state index in [1.54, 1.807) is 0 Å². The van der Waals surface area contributed by atoms with Crippen LogP contribution in [0.25, 0.3) is 0 Å². The fourth-order valence-electron chi connectivity index (χ4n) is 2.59. The lowest BCUT2D eigenvalue weighted by Gasteiger charge is -2.36. The predicted octanol–water partition coefficient (Wildman–Crippen LogP) is 3.31. The molecule has 0 saturated carbocycles. The largest absolute Gasteiger partial charge is 0.451 e. The molecule has 1 aromatic heterocycles. The topological polar surface area (TPSA) is 51.6 Å². The molecule has 108 valence electrons. The van der Waals surface area contributed by atoms with E-state index in [1.807, 2.05) is 13.0 Å². The summed E-state index contributed by atoms with van der Waals surface area (Å²) >= 11 is 6.83. The average Bonchev–Trinajstić information content (AvgIpc) is 2.71. The van der Waals surface area contributed by atoms with Gasteiger partial charge in [0.15, 0.2) is 4.67 Å². The van der Waals surface area contributed by atoms with Gasteiger partial charge in [-0.2, -0.15) is 0 Å². The van der Waals surface area contributed by atoms with Gasteiger partial charge in [0.2, 0.25) is 0 Å². The van der Waals surface area contributed by atoms with E-state index in [-0.39, 0.29) is 6.04 Å². The van der Waals surface area contributed by atoms with E-state index >= 15 is 0 Å². The van der Waals surface area contributed by atoms with Gasteiger partial charge in [-0.1, -0.05) is 0 Å². The fourth-order valence-corrected chi connectivity index (χ4v) is 3.20. The first kappa shape index (κ1) is 15.5. The molecule has 19 heavy (non-hydrogen) atoms. The van der Waals surface area contributed by atoms with Gasteiger partial charge in [-0.05, 0) is 64.2 Å². The van der Waals surface area contributed by atoms with Crippen LogP contribution in [-0.2, 0) is 4.74 Å². The summed E-state index contributed by atoms with van der Waals surface area (Å²) in [5.41, 5.74) is 5.94. The number of nitrogens with two attached hydrogens (primary N) is 1. The van der Waals surface area contributed by atoms with Crippen molar-refractivity contribution in [3.05, 3.63) is 21.0 Å². The second kappa shape index (κ2) is 7.22. The summed E-state index contributed by atoms with van der Waals surface area (Å²) < 4.78 is 13.1. The zero-order chi connectivity index (χ0) is 13.8. The van der Waals surface area contributed by atoms with E-state index in [0.29, 0.717) is 12.6 Å². The minimum atomic E-state index is 0.117. The van der Waals surface area contributed by atoms with Crippen molar-refractivity contribution in [2.24, 2.45) is 5.73 Å². The van der Waals surface area contributed by atoms with Gasteiger partial charge < -0.3 is 14.9 Å². The van der Waals surface area contributed by atoms with Gasteiger partial charge in [-0.25, -0.2) is 0 Å². The first-order valence-electron chi connectivity index (χ1n) is 6.66. The molecule has 2 unspecified atom stereocenters. The molecular formula is C13H20Br2N2O2. The van der Waals surface area contributed by atoms with Crippen molar-refractivity contribution in [1.29, 1.82) is 0 Å². The van der Waals surface area contributed by atoms with E-state index in [9.17, 15) is 0 Å². The molecule has 0 spiro atoms. The molecule has 2 atom stereocenters. The summed E-state index contributed by atoms with van der Waals surface area (Å²) in [5, 5.41) is 0. The van der Waals surface area contributed by atoms with E-state index in [4.69, 9.17) is 14.9 Å². The Hall–Kier alpha value is 0.120. The third-order valence-electron chi connectivity index (χ3n) is 3.47. The Morgan fingerprint density at radius 2 is 2.37 bits per heavy atom. The molecule has 1 aromatic rings. The summed E-state index contributed by atoms with van der Waals surface area (Å²) in [6, 6.07) is 2.11. The Balaban J connectivity index is 2.08. The van der Waals surface area contributed by atoms with Crippen LogP contribution in [0.15, 0.2) is 19.6 Å². The molecule has 2 rings (SSSR count). The van der Waals surface area contributed by atoms with E-state index in [0.717, 1.165) is 47.4 Å². The lowest BCUT2D eigenvalue weighted by atomic mass is 10.0. The Morgan fingerprint density at radius 1 is 1.58 bits per heavy atom. The van der Waals surface area contributed by atoms with Crippen LogP contribution in [0.1, 0.15) is 31.6 Å². The van der Waals surface area contributed by atoms with Gasteiger partial charge in [-0.15, -0.1) is 0 Å². The molecule has 2 heterocycles. The maximum atomic E-state index is 5.94. The van der Waals surface area contributed by atoms with Crippen molar-refractivity contribution < 1.29 is 9.15 Å². The third-order valence-corrected chi connectivity index (χ3v) is 5.18. The Morgan fingerprint density at radius 3 is 2.95 bits per heavy atom. The molecule has 1 fully saturated rings. The number of halogens is 2. The van der Waals surface area contributed by atoms with Gasteiger partial charge in [0, 0.05) is 19.7 Å². The second-order valence-electron chi connectivity index (χ2n) is 4.74. The van der Waals surface area contributed by atoms with Gasteiger partial charge in [0.1, 0.15) is 5.76 Å². The molecule has 0 aliphatic carbocycles. The maximum absolute atomic E-state index is 5.94. The van der Waals surface area contributed by atoms with Crippen molar-refractivity contribution >= 4 is 31.9 Å². The number of likely N-dealkylation sites (tertiary alicyclic amines) is 1. The van der Waals surface area contributed by atoms with Crippen LogP contribution in [0.4, 0.5) is 0 Å². The average molecular weight is 396 g/mol. The normalized spacial score (nSPS) is 22.6. The first-order valence-corrected chi connectivity index (χ1v) is 8.24. The molecule has 0 amide bonds. The van der Waals surface area contributed by atoms with Crippen LogP contribution in [0, 0.1) is 0 Å². The fraction of sp³-hybridized carbons (Fsp3) is 0.692. The number of furan rings is 1. The van der Waals surface area contributed by atoms with Crippen LogP contribution in [0.2, 0.25) is 0 Å². The van der Waals surface area contributed by atoms with Crippen LogP contribution < -0.4 is 5.73 Å². The maximum Gasteiger partial charge on any atom is 0.183 e. The lowest BCUT2D eigenvalue weighted by molar-refractivity contribution is -0.00936. The predicted molar refractivity (Wildman–Crippen MR) is 82.1 cm³/mol. The molecule has 0 bridgehead atoms. The molecule has 1 aliphatic rings. The van der Waals surface area contributed by atoms with Gasteiger partial charge >= 0.3 is 0 Å². The van der Waals surface area contributed by atoms with Crippen molar-refractivity contribution in [2.75, 3.05) is 26.2 Å². The minimum Gasteiger partial charge on any atom is -0.451 e. The SMILES string of the molecule is CCOC1CCCN(C(CN)c2cc(Br)c(Br)o2)C1. The molecule has 6 heteroatoms. The summed E-state index contributed by atoms with van der Waals surface area (Å²) in [6.07, 6.45) is 2.59. The zero-order valence-electron chi connectivity index (χ0n) is 11.1. The quantitative estimate of drug-likeness (QED) is 0.830. The number of rotatable bonds is 5. The highest BCUT2D eigenvalue weighted by Gasteiger charge is 2.28. The van der Waals surface area contributed by atoms with Gasteiger partial charge in [-0.3, -0.25) is 4.90 Å². The van der Waals surface area contributed by atoms with Crippen LogP contribution >= 0.6 is 31.9 Å². The summed E-state index contributed by atoms with van der Waals surface area (Å²) in [7, 11) is 0. The van der Waals surface area contributed by atoms with Crippen molar-refractivity contribution in [3.8, 4) is 0 Å². The van der Waals surface area contributed by atoms with Gasteiger partial charge in [0.25, 0.3) is 0 Å². The summed E-state index contributed by atoms with van der Waals surface area (Å²) in [6.45, 7) is 5.32. The Kier molecular flexibility index (Phi) is 5.89. The zero-order valence-corrected chi connectivity index (χ0v) is 14.2. The van der Waals surface area contributed by atoms with E-state index in [1.165, 1.54) is 0 Å². The lowest BCUT2D eigenvalue weighted by Crippen LogP contribution is -2.43. The smallest absolute Gasteiger partial charge is 0.183 e. The highest BCUT2D eigenvalue weighted by molar-refractivity contribution is 9.13. The Labute approximate surface area is 130 Å². The van der Waals surface area contributed by atoms with Crippen molar-refractivity contribution in [2.45, 2.75) is 31.9 Å². The molecule has 0 aromatic carbocycles. The number of hydrogen-bond acceptors (Lipinski definition) is 4. The van der Waals surface area contributed by atoms with Crippen LogP contribution in [-0.4, -0.2) is 37.2 Å². The first-order chi connectivity index (χ1) is 9.15.